The van der Waals surface area contributed by atoms with Crippen molar-refractivity contribution in [3.63, 3.8) is 0 Å². The maximum Gasteiger partial charge on any atom is 0.410 e. The third kappa shape index (κ3) is 5.29. The Kier molecular flexibility index (Phi) is 6.16. The smallest absolute Gasteiger partial charge is 0.410 e. The van der Waals surface area contributed by atoms with E-state index < -0.39 is 5.60 Å². The van der Waals surface area contributed by atoms with Gasteiger partial charge in [0, 0.05) is 12.1 Å². The highest BCUT2D eigenvalue weighted by Crippen LogP contribution is 2.34. The van der Waals surface area contributed by atoms with Gasteiger partial charge >= 0.3 is 6.09 Å². The number of hydrogen-bond donors (Lipinski definition) is 0. The number of fused-ring (bicyclic) bond motifs is 1. The molecule has 0 N–H and O–H groups in total. The number of carbonyl (C=O) groups is 1. The van der Waals surface area contributed by atoms with Crippen LogP contribution in [0.2, 0.25) is 0 Å². The molecule has 1 aliphatic heterocycles. The molecule has 7 heteroatoms. The number of hydrogen-bond acceptors (Lipinski definition) is 6. The van der Waals surface area contributed by atoms with E-state index in [4.69, 9.17) is 14.0 Å². The van der Waals surface area contributed by atoms with E-state index in [9.17, 15) is 4.79 Å². The molecule has 4 aromatic rings. The van der Waals surface area contributed by atoms with Gasteiger partial charge in [-0.2, -0.15) is 4.98 Å². The Morgan fingerprint density at radius 3 is 2.63 bits per heavy atom. The van der Waals surface area contributed by atoms with Gasteiger partial charge in [0.15, 0.2) is 0 Å². The molecule has 2 heterocycles. The van der Waals surface area contributed by atoms with E-state index in [2.05, 4.69) is 10.1 Å². The number of likely N-dealkylation sites (tertiary alicyclic amines) is 1. The highest BCUT2D eigenvalue weighted by Gasteiger charge is 2.36. The summed E-state index contributed by atoms with van der Waals surface area (Å²) in [6, 6.07) is 21.9. The molecule has 5 rings (SSSR count). The van der Waals surface area contributed by atoms with Crippen LogP contribution in [-0.4, -0.2) is 33.3 Å². The maximum atomic E-state index is 12.6. The van der Waals surface area contributed by atoms with Crippen molar-refractivity contribution in [2.75, 3.05) is 6.54 Å². The standard InChI is InChI=1S/C28H29N3O4/c1-28(2,3)34-27(32)31-15-7-10-24(31)26-29-25(30-35-26)22-12-11-21-17-23(14-13-20(21)16-22)33-18-19-8-5-4-6-9-19/h4-6,8-9,11-14,16-17,24H,7,10,15,18H2,1-3H3/t24-/m0/s1. The minimum absolute atomic E-state index is 0.268. The van der Waals surface area contributed by atoms with Crippen LogP contribution >= 0.6 is 0 Å². The van der Waals surface area contributed by atoms with Crippen LogP contribution in [0.25, 0.3) is 22.2 Å². The topological polar surface area (TPSA) is 77.7 Å². The molecule has 35 heavy (non-hydrogen) atoms. The quantitative estimate of drug-likeness (QED) is 0.329. The zero-order valence-electron chi connectivity index (χ0n) is 20.2. The van der Waals surface area contributed by atoms with E-state index in [-0.39, 0.29) is 12.1 Å². The molecule has 1 amide bonds. The van der Waals surface area contributed by atoms with E-state index in [1.54, 1.807) is 4.90 Å². The molecule has 0 unspecified atom stereocenters. The SMILES string of the molecule is CC(C)(C)OC(=O)N1CCC[C@H]1c1nc(-c2ccc3cc(OCc4ccccc4)ccc3c2)no1. The first kappa shape index (κ1) is 22.9. The summed E-state index contributed by atoms with van der Waals surface area (Å²) in [5, 5.41) is 6.31. The number of ether oxygens (including phenoxy) is 2. The van der Waals surface area contributed by atoms with Crippen molar-refractivity contribution in [3.8, 4) is 17.1 Å². The molecule has 1 fully saturated rings. The summed E-state index contributed by atoms with van der Waals surface area (Å²) in [5.41, 5.74) is 1.43. The Hall–Kier alpha value is -3.87. The number of rotatable bonds is 5. The molecular weight excluding hydrogens is 442 g/mol. The molecular formula is C28H29N3O4. The Labute approximate surface area is 204 Å². The number of aromatic nitrogens is 2. The van der Waals surface area contributed by atoms with Crippen molar-refractivity contribution >= 4 is 16.9 Å². The van der Waals surface area contributed by atoms with Crippen LogP contribution < -0.4 is 4.74 Å². The summed E-state index contributed by atoms with van der Waals surface area (Å²) in [7, 11) is 0. The first-order valence-electron chi connectivity index (χ1n) is 11.9. The average molecular weight is 472 g/mol. The van der Waals surface area contributed by atoms with Crippen molar-refractivity contribution in [1.82, 2.24) is 15.0 Å². The Balaban J connectivity index is 1.31. The molecule has 1 saturated heterocycles. The van der Waals surface area contributed by atoms with Gasteiger partial charge in [-0.05, 0) is 68.1 Å². The van der Waals surface area contributed by atoms with Crippen LogP contribution in [0.3, 0.4) is 0 Å². The fourth-order valence-corrected chi connectivity index (χ4v) is 4.24. The molecule has 0 spiro atoms. The third-order valence-corrected chi connectivity index (χ3v) is 5.93. The highest BCUT2D eigenvalue weighted by atomic mass is 16.6. The summed E-state index contributed by atoms with van der Waals surface area (Å²) in [6.07, 6.45) is 1.28. The third-order valence-electron chi connectivity index (χ3n) is 5.93. The second-order valence-electron chi connectivity index (χ2n) is 9.79. The minimum atomic E-state index is -0.554. The highest BCUT2D eigenvalue weighted by molar-refractivity contribution is 5.87. The summed E-state index contributed by atoms with van der Waals surface area (Å²) in [6.45, 7) is 6.72. The van der Waals surface area contributed by atoms with E-state index in [0.29, 0.717) is 24.9 Å². The van der Waals surface area contributed by atoms with E-state index in [1.165, 1.54) is 0 Å². The first-order valence-corrected chi connectivity index (χ1v) is 11.9. The van der Waals surface area contributed by atoms with E-state index in [1.807, 2.05) is 87.5 Å². The Bertz CT molecular complexity index is 1330. The fourth-order valence-electron chi connectivity index (χ4n) is 4.24. The van der Waals surface area contributed by atoms with Crippen LogP contribution in [0, 0.1) is 0 Å². The van der Waals surface area contributed by atoms with Crippen molar-refractivity contribution in [2.45, 2.75) is 51.9 Å². The lowest BCUT2D eigenvalue weighted by Gasteiger charge is -2.26. The van der Waals surface area contributed by atoms with Crippen LogP contribution in [0.1, 0.15) is 51.1 Å². The molecule has 0 aliphatic carbocycles. The van der Waals surface area contributed by atoms with E-state index in [0.717, 1.165) is 40.5 Å². The molecule has 1 aliphatic rings. The fraction of sp³-hybridized carbons (Fsp3) is 0.321. The zero-order valence-corrected chi connectivity index (χ0v) is 20.2. The van der Waals surface area contributed by atoms with Crippen LogP contribution in [-0.2, 0) is 11.3 Å². The average Bonchev–Trinajstić information content (AvgIpc) is 3.52. The van der Waals surface area contributed by atoms with Crippen molar-refractivity contribution in [1.29, 1.82) is 0 Å². The first-order chi connectivity index (χ1) is 16.9. The molecule has 7 nitrogen and oxygen atoms in total. The summed E-state index contributed by atoms with van der Waals surface area (Å²) in [5.74, 6) is 1.76. The van der Waals surface area contributed by atoms with Gasteiger partial charge in [0.1, 0.15) is 24.0 Å². The van der Waals surface area contributed by atoms with Gasteiger partial charge in [-0.1, -0.05) is 53.7 Å². The largest absolute Gasteiger partial charge is 0.489 e. The molecule has 0 saturated carbocycles. The molecule has 0 radical (unpaired) electrons. The zero-order chi connectivity index (χ0) is 24.4. The van der Waals surface area contributed by atoms with Crippen molar-refractivity contribution < 1.29 is 18.8 Å². The monoisotopic (exact) mass is 471 g/mol. The van der Waals surface area contributed by atoms with Gasteiger partial charge in [0.25, 0.3) is 0 Å². The molecule has 0 bridgehead atoms. The van der Waals surface area contributed by atoms with E-state index >= 15 is 0 Å². The van der Waals surface area contributed by atoms with Gasteiger partial charge in [-0.15, -0.1) is 0 Å². The second-order valence-corrected chi connectivity index (χ2v) is 9.79. The lowest BCUT2D eigenvalue weighted by molar-refractivity contribution is 0.0199. The number of nitrogens with zero attached hydrogens (tertiary/aromatic N) is 3. The van der Waals surface area contributed by atoms with Crippen molar-refractivity contribution in [3.05, 3.63) is 78.2 Å². The van der Waals surface area contributed by atoms with Gasteiger partial charge in [0.05, 0.1) is 0 Å². The Morgan fingerprint density at radius 2 is 1.83 bits per heavy atom. The van der Waals surface area contributed by atoms with Crippen LogP contribution in [0.4, 0.5) is 4.79 Å². The Morgan fingerprint density at radius 1 is 1.06 bits per heavy atom. The van der Waals surface area contributed by atoms with Crippen LogP contribution in [0.15, 0.2) is 71.3 Å². The maximum absolute atomic E-state index is 12.6. The predicted octanol–water partition coefficient (Wildman–Crippen LogP) is 6.54. The van der Waals surface area contributed by atoms with Gasteiger partial charge in [-0.3, -0.25) is 4.90 Å². The second kappa shape index (κ2) is 9.41. The summed E-state index contributed by atoms with van der Waals surface area (Å²) < 4.78 is 17.1. The molecule has 3 aromatic carbocycles. The number of amides is 1. The normalized spacial score (nSPS) is 16.0. The van der Waals surface area contributed by atoms with Crippen molar-refractivity contribution in [2.24, 2.45) is 0 Å². The van der Waals surface area contributed by atoms with Gasteiger partial charge in [-0.25, -0.2) is 4.79 Å². The number of carbonyl (C=O) groups excluding carboxylic acids is 1. The number of benzene rings is 3. The molecule has 180 valence electrons. The minimum Gasteiger partial charge on any atom is -0.489 e. The lowest BCUT2D eigenvalue weighted by Crippen LogP contribution is -2.36. The lowest BCUT2D eigenvalue weighted by atomic mass is 10.1. The molecule has 1 aromatic heterocycles. The summed E-state index contributed by atoms with van der Waals surface area (Å²) in [4.78, 5) is 18.9. The van der Waals surface area contributed by atoms with Crippen LogP contribution in [0.5, 0.6) is 5.75 Å². The summed E-state index contributed by atoms with van der Waals surface area (Å²) >= 11 is 0. The predicted molar refractivity (Wildman–Crippen MR) is 133 cm³/mol. The molecule has 1 atom stereocenters. The van der Waals surface area contributed by atoms with Gasteiger partial charge in [0.2, 0.25) is 11.7 Å². The van der Waals surface area contributed by atoms with Gasteiger partial charge < -0.3 is 14.0 Å².